The predicted octanol–water partition coefficient (Wildman–Crippen LogP) is 6.38. The van der Waals surface area contributed by atoms with Gasteiger partial charge in [0.2, 0.25) is 11.5 Å². The molecule has 0 aromatic carbocycles. The van der Waals surface area contributed by atoms with Crippen LogP contribution >= 0.6 is 0 Å². The lowest BCUT2D eigenvalue weighted by molar-refractivity contribution is -0.425. The molecule has 136 valence electrons. The summed E-state index contributed by atoms with van der Waals surface area (Å²) in [5.74, 6) is -5.92. The van der Waals surface area contributed by atoms with E-state index in [1.165, 1.54) is 6.92 Å². The number of halogens is 8. The van der Waals surface area contributed by atoms with Crippen LogP contribution < -0.4 is 0 Å². The Morgan fingerprint density at radius 1 is 0.826 bits per heavy atom. The fourth-order valence-corrected chi connectivity index (χ4v) is 0.378. The van der Waals surface area contributed by atoms with Gasteiger partial charge in [-0.2, -0.15) is 26.3 Å². The Hall–Kier alpha value is -1.94. The van der Waals surface area contributed by atoms with Crippen molar-refractivity contribution in [1.82, 2.24) is 0 Å². The third-order valence-electron chi connectivity index (χ3n) is 1.81. The van der Waals surface area contributed by atoms with Gasteiger partial charge in [-0.05, 0) is 33.3 Å². The van der Waals surface area contributed by atoms with Crippen LogP contribution in [0.1, 0.15) is 34.6 Å². The summed E-state index contributed by atoms with van der Waals surface area (Å²) in [4.78, 5) is 9.51. The van der Waals surface area contributed by atoms with Crippen molar-refractivity contribution < 1.29 is 40.0 Å². The van der Waals surface area contributed by atoms with Crippen LogP contribution in [0, 0.1) is 10.1 Å². The third-order valence-corrected chi connectivity index (χ3v) is 1.81. The minimum atomic E-state index is -5.18. The summed E-state index contributed by atoms with van der Waals surface area (Å²) >= 11 is 0. The summed E-state index contributed by atoms with van der Waals surface area (Å²) in [7, 11) is 0. The molecule has 0 aliphatic carbocycles. The molecule has 0 N–H and O–H groups in total. The molecule has 11 heteroatoms. The van der Waals surface area contributed by atoms with E-state index in [2.05, 4.69) is 0 Å². The maximum absolute atomic E-state index is 11.4. The van der Waals surface area contributed by atoms with E-state index < -0.39 is 29.7 Å². The molecule has 0 aliphatic rings. The van der Waals surface area contributed by atoms with Crippen LogP contribution in [-0.4, -0.2) is 11.1 Å². The molecule has 0 spiro atoms. The number of rotatable bonds is 1. The maximum atomic E-state index is 11.4. The van der Waals surface area contributed by atoms with Gasteiger partial charge >= 0.3 is 12.3 Å². The molecule has 23 heavy (non-hydrogen) atoms. The van der Waals surface area contributed by atoms with Gasteiger partial charge < -0.3 is 0 Å². The van der Waals surface area contributed by atoms with E-state index in [0.29, 0.717) is 13.8 Å². The van der Waals surface area contributed by atoms with Crippen LogP contribution in [0.15, 0.2) is 34.8 Å². The van der Waals surface area contributed by atoms with Crippen molar-refractivity contribution in [2.24, 2.45) is 0 Å². The van der Waals surface area contributed by atoms with Crippen LogP contribution in [0.4, 0.5) is 35.1 Å². The SMILES string of the molecule is C/C(F)=C(\F)C(F)(F)F.CC(C)=C(C)[N+](=O)[O-].CC(F)=C(F)F. The molecule has 0 aromatic rings. The van der Waals surface area contributed by atoms with Gasteiger partial charge in [0.05, 0.1) is 4.92 Å². The lowest BCUT2D eigenvalue weighted by Crippen LogP contribution is -2.08. The Balaban J connectivity index is -0.000000266. The summed E-state index contributed by atoms with van der Waals surface area (Å²) in [6.45, 7) is 6.05. The molecule has 0 aliphatic heterocycles. The number of allylic oxidation sites excluding steroid dienone is 5. The van der Waals surface area contributed by atoms with Crippen LogP contribution in [0.5, 0.6) is 0 Å². The van der Waals surface area contributed by atoms with E-state index in [9.17, 15) is 45.2 Å². The molecule has 0 bridgehead atoms. The lowest BCUT2D eigenvalue weighted by Gasteiger charge is -2.00. The average Bonchev–Trinajstić information content (AvgIpc) is 2.36. The summed E-state index contributed by atoms with van der Waals surface area (Å²) in [5, 5.41) is 9.89. The van der Waals surface area contributed by atoms with E-state index >= 15 is 0 Å². The van der Waals surface area contributed by atoms with E-state index in [0.717, 1.165) is 5.57 Å². The average molecular weight is 357 g/mol. The first-order chi connectivity index (χ1) is 10.1. The minimum Gasteiger partial charge on any atom is -0.259 e. The van der Waals surface area contributed by atoms with Crippen molar-refractivity contribution in [3.05, 3.63) is 44.9 Å². The van der Waals surface area contributed by atoms with Gasteiger partial charge in [0.15, 0.2) is 5.83 Å². The first-order valence-corrected chi connectivity index (χ1v) is 5.60. The fourth-order valence-electron chi connectivity index (χ4n) is 0.378. The van der Waals surface area contributed by atoms with E-state index in [1.54, 1.807) is 13.8 Å². The van der Waals surface area contributed by atoms with Gasteiger partial charge in [-0.3, -0.25) is 10.1 Å². The van der Waals surface area contributed by atoms with Gasteiger partial charge in [0, 0.05) is 6.92 Å². The zero-order valence-electron chi connectivity index (χ0n) is 12.8. The van der Waals surface area contributed by atoms with Crippen LogP contribution in [-0.2, 0) is 0 Å². The van der Waals surface area contributed by atoms with Crippen LogP contribution in [0.3, 0.4) is 0 Å². The Kier molecular flexibility index (Phi) is 13.1. The van der Waals surface area contributed by atoms with Crippen LogP contribution in [0.25, 0.3) is 0 Å². The number of hydrogen-bond acceptors (Lipinski definition) is 2. The largest absolute Gasteiger partial charge is 0.445 e. The highest BCUT2D eigenvalue weighted by Crippen LogP contribution is 2.29. The van der Waals surface area contributed by atoms with Gasteiger partial charge in [0.1, 0.15) is 5.83 Å². The topological polar surface area (TPSA) is 43.1 Å². The summed E-state index contributed by atoms with van der Waals surface area (Å²) in [6.07, 6.45) is -7.42. The molecule has 0 aromatic heterocycles. The maximum Gasteiger partial charge on any atom is 0.445 e. The highest BCUT2D eigenvalue weighted by Gasteiger charge is 2.36. The van der Waals surface area contributed by atoms with Crippen LogP contribution in [0.2, 0.25) is 0 Å². The lowest BCUT2D eigenvalue weighted by atomic mass is 10.3. The Morgan fingerprint density at radius 3 is 1.13 bits per heavy atom. The molecule has 0 amide bonds. The fraction of sp³-hybridized carbons (Fsp3) is 0.500. The Labute approximate surface area is 127 Å². The molecule has 0 saturated carbocycles. The number of alkyl halides is 3. The molecule has 3 nitrogen and oxygen atoms in total. The third kappa shape index (κ3) is 16.3. The molecule has 0 unspecified atom stereocenters. The molecule has 0 radical (unpaired) electrons. The number of hydrogen-bond donors (Lipinski definition) is 0. The van der Waals surface area contributed by atoms with Crippen molar-refractivity contribution in [3.63, 3.8) is 0 Å². The van der Waals surface area contributed by atoms with Gasteiger partial charge in [-0.15, -0.1) is 0 Å². The number of nitro groups is 1. The molecular formula is C12H15F8NO2. The summed E-state index contributed by atoms with van der Waals surface area (Å²) < 4.78 is 88.1. The first-order valence-electron chi connectivity index (χ1n) is 5.60. The van der Waals surface area contributed by atoms with E-state index in [1.807, 2.05) is 0 Å². The molecule has 0 saturated heterocycles. The Morgan fingerprint density at radius 2 is 1.13 bits per heavy atom. The van der Waals surface area contributed by atoms with Crippen molar-refractivity contribution in [1.29, 1.82) is 0 Å². The smallest absolute Gasteiger partial charge is 0.259 e. The van der Waals surface area contributed by atoms with Crippen molar-refractivity contribution >= 4 is 0 Å². The van der Waals surface area contributed by atoms with Crippen molar-refractivity contribution in [3.8, 4) is 0 Å². The van der Waals surface area contributed by atoms with Gasteiger partial charge in [-0.1, -0.05) is 0 Å². The van der Waals surface area contributed by atoms with Crippen molar-refractivity contribution in [2.75, 3.05) is 0 Å². The molecule has 0 heterocycles. The van der Waals surface area contributed by atoms with E-state index in [4.69, 9.17) is 0 Å². The zero-order valence-corrected chi connectivity index (χ0v) is 12.8. The molecule has 0 rings (SSSR count). The summed E-state index contributed by atoms with van der Waals surface area (Å²) in [5.41, 5.74) is 1.00. The van der Waals surface area contributed by atoms with E-state index in [-0.39, 0.29) is 10.6 Å². The Bertz CT molecular complexity index is 466. The second-order valence-electron chi connectivity index (χ2n) is 3.98. The monoisotopic (exact) mass is 357 g/mol. The standard InChI is InChI=1S/C5H9NO2.C4H3F5.C3H3F3/c1-4(2)5(3)6(7)8;1-2(5)3(6)4(7,8)9;1-2(4)3(5)6/h1-3H3;1H3;1H3/b;3-2+;. The van der Waals surface area contributed by atoms with Crippen molar-refractivity contribution in [2.45, 2.75) is 40.8 Å². The normalized spacial score (nSPS) is 11.0. The molecule has 0 fully saturated rings. The first kappa shape index (κ1) is 26.0. The van der Waals surface area contributed by atoms with Gasteiger partial charge in [0.25, 0.3) is 0 Å². The minimum absolute atomic E-state index is 0.241. The second kappa shape index (κ2) is 11.6. The highest BCUT2D eigenvalue weighted by atomic mass is 19.4. The molecule has 0 atom stereocenters. The second-order valence-corrected chi connectivity index (χ2v) is 3.98. The molecular weight excluding hydrogens is 342 g/mol. The zero-order chi connectivity index (χ0) is 19.5. The predicted molar refractivity (Wildman–Crippen MR) is 68.0 cm³/mol. The van der Waals surface area contributed by atoms with Gasteiger partial charge in [-0.25, -0.2) is 8.78 Å². The highest BCUT2D eigenvalue weighted by molar-refractivity contribution is 5.02. The number of nitrogens with zero attached hydrogens (tertiary/aromatic N) is 1. The summed E-state index contributed by atoms with van der Waals surface area (Å²) in [6, 6.07) is 0. The quantitative estimate of drug-likeness (QED) is 0.310.